The van der Waals surface area contributed by atoms with Crippen LogP contribution in [0.5, 0.6) is 0 Å². The number of carboxylic acid groups (broad SMARTS) is 2. The van der Waals surface area contributed by atoms with E-state index in [0.29, 0.717) is 12.2 Å². The average molecular weight is 284 g/mol. The Labute approximate surface area is 117 Å². The van der Waals surface area contributed by atoms with Crippen LogP contribution in [0.2, 0.25) is 0 Å². The van der Waals surface area contributed by atoms with Crippen molar-refractivity contribution in [1.82, 2.24) is 0 Å². The number of carbonyl (C=O) groups excluding carboxylic acids is 1. The van der Waals surface area contributed by atoms with Gasteiger partial charge in [0.1, 0.15) is 5.60 Å². The largest absolute Gasteiger partial charge is 0.478 e. The Morgan fingerprint density at radius 2 is 1.50 bits per heavy atom. The molecule has 0 unspecified atom stereocenters. The van der Waals surface area contributed by atoms with E-state index in [1.165, 1.54) is 25.3 Å². The highest BCUT2D eigenvalue weighted by molar-refractivity contribution is 5.89. The van der Waals surface area contributed by atoms with Gasteiger partial charge in [-0.3, -0.25) is 0 Å². The van der Waals surface area contributed by atoms with E-state index in [1.807, 2.05) is 6.92 Å². The third kappa shape index (κ3) is 8.91. The number of esters is 1. The molecule has 20 heavy (non-hydrogen) atoms. The molecule has 0 spiro atoms. The lowest BCUT2D eigenvalue weighted by molar-refractivity contribution is -0.154. The third-order valence-electron chi connectivity index (χ3n) is 2.79. The summed E-state index contributed by atoms with van der Waals surface area (Å²) in [5, 5.41) is 15.6. The Hall–Kier alpha value is -2.11. The van der Waals surface area contributed by atoms with Crippen molar-refractivity contribution in [3.8, 4) is 0 Å². The van der Waals surface area contributed by atoms with Crippen LogP contribution in [-0.4, -0.2) is 33.7 Å². The molecule has 0 saturated heterocycles. The van der Waals surface area contributed by atoms with Crippen molar-refractivity contribution in [2.75, 3.05) is 0 Å². The fourth-order valence-corrected chi connectivity index (χ4v) is 1.83. The molecule has 1 aliphatic carbocycles. The lowest BCUT2D eigenvalue weighted by atomic mass is 9.86. The van der Waals surface area contributed by atoms with E-state index >= 15 is 0 Å². The van der Waals surface area contributed by atoms with Gasteiger partial charge in [-0.05, 0) is 32.6 Å². The Morgan fingerprint density at radius 1 is 1.05 bits per heavy atom. The molecule has 0 aromatic heterocycles. The van der Waals surface area contributed by atoms with Gasteiger partial charge >= 0.3 is 17.9 Å². The minimum absolute atomic E-state index is 0.219. The first-order valence-corrected chi connectivity index (χ1v) is 6.28. The second-order valence-corrected chi connectivity index (χ2v) is 4.65. The van der Waals surface area contributed by atoms with Crippen LogP contribution in [0.1, 0.15) is 39.0 Å². The predicted molar refractivity (Wildman–Crippen MR) is 72.2 cm³/mol. The van der Waals surface area contributed by atoms with Crippen molar-refractivity contribution < 1.29 is 29.3 Å². The van der Waals surface area contributed by atoms with Gasteiger partial charge in [0.15, 0.2) is 0 Å². The summed E-state index contributed by atoms with van der Waals surface area (Å²) in [4.78, 5) is 30.1. The van der Waals surface area contributed by atoms with E-state index in [0.717, 1.165) is 12.8 Å². The fraction of sp³-hybridized carbons (Fsp3) is 0.500. The minimum atomic E-state index is -1.26. The zero-order chi connectivity index (χ0) is 15.6. The first-order chi connectivity index (χ1) is 9.29. The lowest BCUT2D eigenvalue weighted by Crippen LogP contribution is -2.33. The zero-order valence-corrected chi connectivity index (χ0v) is 11.5. The highest BCUT2D eigenvalue weighted by Gasteiger charge is 2.29. The molecule has 6 heteroatoms. The molecule has 0 atom stereocenters. The highest BCUT2D eigenvalue weighted by atomic mass is 16.6. The van der Waals surface area contributed by atoms with Crippen LogP contribution in [0, 0.1) is 0 Å². The SMILES string of the molecule is C=CC(=O)OC1(C)CCCCC1.O=C(O)/C=C\C(=O)O. The van der Waals surface area contributed by atoms with E-state index in [9.17, 15) is 14.4 Å². The molecule has 0 amide bonds. The summed E-state index contributed by atoms with van der Waals surface area (Å²) in [6.45, 7) is 5.39. The number of carboxylic acids is 2. The van der Waals surface area contributed by atoms with Gasteiger partial charge < -0.3 is 14.9 Å². The molecule has 2 N–H and O–H groups in total. The van der Waals surface area contributed by atoms with Gasteiger partial charge in [-0.1, -0.05) is 13.0 Å². The number of hydrogen-bond donors (Lipinski definition) is 2. The first-order valence-electron chi connectivity index (χ1n) is 6.28. The Balaban J connectivity index is 0.000000396. The summed E-state index contributed by atoms with van der Waals surface area (Å²) in [5.74, 6) is -2.81. The van der Waals surface area contributed by atoms with Crippen molar-refractivity contribution in [3.05, 3.63) is 24.8 Å². The maximum Gasteiger partial charge on any atom is 0.330 e. The molecule has 0 aromatic rings. The molecule has 0 aromatic carbocycles. The van der Waals surface area contributed by atoms with Gasteiger partial charge in [0, 0.05) is 18.2 Å². The standard InChI is InChI=1S/C10H16O2.C4H4O4/c1-3-9(11)12-10(2)7-5-4-6-8-10;5-3(6)1-2-4(7)8/h3H,1,4-8H2,2H3;1-2H,(H,5,6)(H,7,8)/b;2-1-. The van der Waals surface area contributed by atoms with Gasteiger partial charge in [0.2, 0.25) is 0 Å². The van der Waals surface area contributed by atoms with Crippen LogP contribution in [-0.2, 0) is 19.1 Å². The zero-order valence-electron chi connectivity index (χ0n) is 11.5. The smallest absolute Gasteiger partial charge is 0.330 e. The monoisotopic (exact) mass is 284 g/mol. The molecule has 1 rings (SSSR count). The summed E-state index contributed by atoms with van der Waals surface area (Å²) in [5.41, 5.74) is -0.219. The molecule has 1 fully saturated rings. The second-order valence-electron chi connectivity index (χ2n) is 4.65. The number of rotatable bonds is 4. The van der Waals surface area contributed by atoms with Crippen LogP contribution >= 0.6 is 0 Å². The van der Waals surface area contributed by atoms with Crippen LogP contribution in [0.25, 0.3) is 0 Å². The molecule has 112 valence electrons. The van der Waals surface area contributed by atoms with Crippen molar-refractivity contribution in [3.63, 3.8) is 0 Å². The van der Waals surface area contributed by atoms with Crippen LogP contribution in [0.4, 0.5) is 0 Å². The van der Waals surface area contributed by atoms with Crippen molar-refractivity contribution in [2.45, 2.75) is 44.6 Å². The van der Waals surface area contributed by atoms with Gasteiger partial charge in [0.05, 0.1) is 0 Å². The molecule has 1 aliphatic rings. The first kappa shape index (κ1) is 17.9. The second kappa shape index (κ2) is 8.90. The van der Waals surface area contributed by atoms with E-state index in [2.05, 4.69) is 6.58 Å². The number of ether oxygens (including phenoxy) is 1. The number of carbonyl (C=O) groups is 3. The normalized spacial score (nSPS) is 16.6. The van der Waals surface area contributed by atoms with Crippen molar-refractivity contribution in [2.24, 2.45) is 0 Å². The maximum atomic E-state index is 10.9. The summed E-state index contributed by atoms with van der Waals surface area (Å²) in [7, 11) is 0. The molecular weight excluding hydrogens is 264 g/mol. The summed E-state index contributed by atoms with van der Waals surface area (Å²) in [6, 6.07) is 0. The van der Waals surface area contributed by atoms with Crippen LogP contribution in [0.3, 0.4) is 0 Å². The lowest BCUT2D eigenvalue weighted by Gasteiger charge is -2.32. The molecule has 6 nitrogen and oxygen atoms in total. The molecule has 0 aliphatic heterocycles. The van der Waals surface area contributed by atoms with E-state index < -0.39 is 11.9 Å². The quantitative estimate of drug-likeness (QED) is 0.606. The molecule has 0 heterocycles. The Kier molecular flexibility index (Phi) is 7.96. The topological polar surface area (TPSA) is 101 Å². The fourth-order valence-electron chi connectivity index (χ4n) is 1.83. The van der Waals surface area contributed by atoms with E-state index in [-0.39, 0.29) is 11.6 Å². The number of hydrogen-bond acceptors (Lipinski definition) is 4. The molecular formula is C14H20O6. The summed E-state index contributed by atoms with van der Waals surface area (Å²) in [6.07, 6.45) is 7.94. The highest BCUT2D eigenvalue weighted by Crippen LogP contribution is 2.30. The predicted octanol–water partition coefficient (Wildman–Crippen LogP) is 2.15. The van der Waals surface area contributed by atoms with Crippen molar-refractivity contribution in [1.29, 1.82) is 0 Å². The van der Waals surface area contributed by atoms with Gasteiger partial charge in [-0.2, -0.15) is 0 Å². The Morgan fingerprint density at radius 3 is 1.85 bits per heavy atom. The average Bonchev–Trinajstić information content (AvgIpc) is 2.37. The summed E-state index contributed by atoms with van der Waals surface area (Å²) < 4.78 is 5.27. The maximum absolute atomic E-state index is 10.9. The van der Waals surface area contributed by atoms with E-state index in [4.69, 9.17) is 14.9 Å². The van der Waals surface area contributed by atoms with Gasteiger partial charge in [0.25, 0.3) is 0 Å². The van der Waals surface area contributed by atoms with E-state index in [1.54, 1.807) is 0 Å². The van der Waals surface area contributed by atoms with Crippen molar-refractivity contribution >= 4 is 17.9 Å². The minimum Gasteiger partial charge on any atom is -0.478 e. The number of aliphatic carboxylic acids is 2. The third-order valence-corrected chi connectivity index (χ3v) is 2.79. The van der Waals surface area contributed by atoms with Crippen LogP contribution < -0.4 is 0 Å². The summed E-state index contributed by atoms with van der Waals surface area (Å²) >= 11 is 0. The van der Waals surface area contributed by atoms with Gasteiger partial charge in [-0.15, -0.1) is 0 Å². The molecule has 0 radical (unpaired) electrons. The van der Waals surface area contributed by atoms with Gasteiger partial charge in [-0.25, -0.2) is 14.4 Å². The Bertz CT molecular complexity index is 374. The molecule has 1 saturated carbocycles. The molecule has 0 bridgehead atoms. The van der Waals surface area contributed by atoms with Crippen LogP contribution in [0.15, 0.2) is 24.8 Å².